The van der Waals surface area contributed by atoms with Crippen LogP contribution in [0.3, 0.4) is 0 Å². The first-order valence-corrected chi connectivity index (χ1v) is 52.5. The molecule has 1 heterocycles. The minimum atomic E-state index is -0.591. The van der Waals surface area contributed by atoms with Gasteiger partial charge in [0.2, 0.25) is 0 Å². The molecule has 5 aliphatic rings. The summed E-state index contributed by atoms with van der Waals surface area (Å²) < 4.78 is 15.1. The van der Waals surface area contributed by atoms with Crippen molar-refractivity contribution in [3.8, 4) is 100 Å². The van der Waals surface area contributed by atoms with Crippen LogP contribution >= 0.6 is 15.9 Å². The molecule has 22 aromatic carbocycles. The van der Waals surface area contributed by atoms with Gasteiger partial charge in [0.1, 0.15) is 0 Å². The zero-order valence-corrected chi connectivity index (χ0v) is 85.9. The maximum atomic E-state index is 6.99. The highest BCUT2D eigenvalue weighted by atomic mass is 79.9. The van der Waals surface area contributed by atoms with Gasteiger partial charge in [-0.1, -0.05) is 464 Å². The van der Waals surface area contributed by atoms with Crippen LogP contribution in [0.15, 0.2) is 526 Å². The van der Waals surface area contributed by atoms with Crippen molar-refractivity contribution in [3.63, 3.8) is 0 Å². The smallest absolute Gasteiger partial charge is 0.399 e. The Labute approximate surface area is 885 Å². The van der Waals surface area contributed by atoms with Gasteiger partial charge in [0, 0.05) is 49.4 Å². The van der Waals surface area contributed by atoms with E-state index in [1.165, 1.54) is 177 Å². The summed E-state index contributed by atoms with van der Waals surface area (Å²) >= 11 is 3.43. The van der Waals surface area contributed by atoms with Crippen LogP contribution in [0.25, 0.3) is 122 Å². The van der Waals surface area contributed by atoms with Gasteiger partial charge in [-0.05, 0) is 331 Å². The average Bonchev–Trinajstić information content (AvgIpc) is 1.53. The normalized spacial score (nSPS) is 14.5. The molecule has 0 saturated carbocycles. The van der Waals surface area contributed by atoms with Gasteiger partial charge in [-0.3, -0.25) is 0 Å². The summed E-state index contributed by atoms with van der Waals surface area (Å²) in [4.78, 5) is 4.83. The zero-order chi connectivity index (χ0) is 100. The van der Waals surface area contributed by atoms with E-state index < -0.39 is 29.2 Å². The molecule has 1 aliphatic heterocycles. The molecule has 0 atom stereocenters. The Balaban J connectivity index is 0.000000143. The van der Waals surface area contributed by atoms with Crippen molar-refractivity contribution in [1.82, 2.24) is 0 Å². The van der Waals surface area contributed by atoms with Gasteiger partial charge in [0.15, 0.2) is 0 Å². The van der Waals surface area contributed by atoms with Gasteiger partial charge in [-0.2, -0.15) is 0 Å². The first-order valence-electron chi connectivity index (χ1n) is 51.7. The lowest BCUT2D eigenvalue weighted by Gasteiger charge is -2.34. The van der Waals surface area contributed by atoms with E-state index >= 15 is 0 Å². The van der Waals surface area contributed by atoms with Crippen molar-refractivity contribution < 1.29 is 9.31 Å². The number of fused-ring (bicyclic) bond motifs is 14. The minimum Gasteiger partial charge on any atom is -0.399 e. The molecule has 718 valence electrons. The molecule has 0 spiro atoms. The summed E-state index contributed by atoms with van der Waals surface area (Å²) in [5.41, 5.74) is 42.8. The fourth-order valence-electron chi connectivity index (χ4n) is 24.4. The van der Waals surface area contributed by atoms with Crippen LogP contribution in [0.1, 0.15) is 130 Å². The van der Waals surface area contributed by atoms with Crippen LogP contribution < -0.4 is 15.3 Å². The molecule has 4 aliphatic carbocycles. The van der Waals surface area contributed by atoms with Gasteiger partial charge in [-0.25, -0.2) is 0 Å². The van der Waals surface area contributed by atoms with Crippen molar-refractivity contribution in [2.75, 3.05) is 9.80 Å². The van der Waals surface area contributed by atoms with E-state index in [0.29, 0.717) is 0 Å². The van der Waals surface area contributed by atoms with Crippen LogP contribution in [0, 0.1) is 0 Å². The standard InChI is InChI=1S/C68H49N.C64H54BNO2.C10H7Br.CH4/c1-67(2)63-28-16-14-26-57(63)59-41-40-56(43-65(59)67)69(54-36-32-48(33-37-54)46-18-6-3-7-19-46)55-38-34-49(35-39-55)60-44-62-58-27-15-17-29-64(58)68(52-22-8-4-9-23-52,53-24-10-5-11-25-53)66(62)45-61(60)51-31-30-47-20-12-13-21-50(47)42-51;1-61(2)56-28-18-16-26-51(56)53-39-38-50(40-58(53)61)66(48-34-30-44(31-35-48)43-20-10-7-11-21-43)49-36-32-45(33-37-49)54-41-55-52-27-17-19-29-57(52)64(46-22-12-8-13-23-46,47-24-14-9-15-25-47)59(55)42-60(54)65-67-62(3,4)63(5,6)68-65;11-10-6-5-8-3-1-2-4-9(8)7-10;/h3-45H,1-2H3;7-42H,1-6H3;1-7H;1H4. The number of nitrogens with zero attached hydrogens (tertiary/aromatic N) is 2. The molecule has 0 bridgehead atoms. The first kappa shape index (κ1) is 94.7. The summed E-state index contributed by atoms with van der Waals surface area (Å²) in [5.74, 6) is 0. The number of hydrogen-bond acceptors (Lipinski definition) is 4. The fraction of sp³-hybridized carbons (Fsp3) is 0.105. The summed E-state index contributed by atoms with van der Waals surface area (Å²) in [6.45, 7) is 18.0. The lowest BCUT2D eigenvalue weighted by Crippen LogP contribution is -2.41. The number of rotatable bonds is 16. The Kier molecular flexibility index (Phi) is 24.2. The SMILES string of the molecule is Brc1ccc2ccccc2c1.C.CC1(C)c2ccccc2-c2ccc(N(c3ccc(-c4ccccc4)cc3)c3ccc(-c4cc5c(cc4-c4ccc6ccccc6c4)C(c4ccccc4)(c4ccccc4)c4ccccc4-5)cc3)cc21.CC1(C)c2ccccc2-c2ccc(N(c3ccc(-c4ccccc4)cc3)c3ccc(-c4cc5c(cc4B4OC(C)(C)C(C)(C)O4)C(c4ccccc4)(c4ccccc4)c4ccccc4-5)cc3)cc21. The van der Waals surface area contributed by atoms with Crippen LogP contribution in [-0.4, -0.2) is 18.3 Å². The van der Waals surface area contributed by atoms with E-state index in [-0.39, 0.29) is 18.3 Å². The fourth-order valence-corrected chi connectivity index (χ4v) is 24.8. The molecule has 22 aromatic rings. The Morgan fingerprint density at radius 3 is 0.872 bits per heavy atom. The third kappa shape index (κ3) is 16.2. The molecular formula is C143H114BBrN2O2. The molecule has 27 rings (SSSR count). The molecule has 0 N–H and O–H groups in total. The molecule has 1 saturated heterocycles. The van der Waals surface area contributed by atoms with E-state index in [0.717, 1.165) is 55.2 Å². The molecule has 0 amide bonds. The number of benzene rings is 22. The highest BCUT2D eigenvalue weighted by molar-refractivity contribution is 9.10. The highest BCUT2D eigenvalue weighted by Crippen LogP contribution is 2.62. The van der Waals surface area contributed by atoms with E-state index in [9.17, 15) is 0 Å². The summed E-state index contributed by atoms with van der Waals surface area (Å²) in [6.07, 6.45) is 0. The maximum absolute atomic E-state index is 6.99. The predicted molar refractivity (Wildman–Crippen MR) is 631 cm³/mol. The quantitative estimate of drug-likeness (QED) is 0.0900. The molecule has 0 aromatic heterocycles. The summed E-state index contributed by atoms with van der Waals surface area (Å²) in [5, 5.41) is 5.03. The molecule has 149 heavy (non-hydrogen) atoms. The Bertz CT molecular complexity index is 8720. The second-order valence-corrected chi connectivity index (χ2v) is 42.9. The number of anilines is 6. The highest BCUT2D eigenvalue weighted by Gasteiger charge is 2.55. The van der Waals surface area contributed by atoms with Crippen LogP contribution in [0.5, 0.6) is 0 Å². The average molecular weight is 1980 g/mol. The van der Waals surface area contributed by atoms with Gasteiger partial charge < -0.3 is 19.1 Å². The number of halogens is 1. The second kappa shape index (κ2) is 38.0. The monoisotopic (exact) mass is 1980 g/mol. The molecule has 4 nitrogen and oxygen atoms in total. The Hall–Kier alpha value is -16.6. The lowest BCUT2D eigenvalue weighted by molar-refractivity contribution is 0.00578. The number of hydrogen-bond donors (Lipinski definition) is 0. The second-order valence-electron chi connectivity index (χ2n) is 42.0. The summed E-state index contributed by atoms with van der Waals surface area (Å²) in [6, 6.07) is 192. The van der Waals surface area contributed by atoms with Crippen LogP contribution in [0.4, 0.5) is 34.1 Å². The van der Waals surface area contributed by atoms with Crippen LogP contribution in [-0.2, 0) is 31.0 Å². The van der Waals surface area contributed by atoms with E-state index in [4.69, 9.17) is 9.31 Å². The molecular weight excluding hydrogens is 1870 g/mol. The van der Waals surface area contributed by atoms with Crippen molar-refractivity contribution in [1.29, 1.82) is 0 Å². The first-order chi connectivity index (χ1) is 72.3. The molecule has 0 radical (unpaired) electrons. The van der Waals surface area contributed by atoms with Crippen molar-refractivity contribution in [2.45, 2.75) is 95.7 Å². The Morgan fingerprint density at radius 1 is 0.188 bits per heavy atom. The molecule has 0 unspecified atom stereocenters. The maximum Gasteiger partial charge on any atom is 0.495 e. The Morgan fingerprint density at radius 2 is 0.470 bits per heavy atom. The van der Waals surface area contributed by atoms with Gasteiger partial charge in [-0.15, -0.1) is 0 Å². The third-order valence-corrected chi connectivity index (χ3v) is 33.0. The lowest BCUT2D eigenvalue weighted by atomic mass is 9.65. The van der Waals surface area contributed by atoms with Crippen molar-refractivity contribution >= 4 is 84.2 Å². The topological polar surface area (TPSA) is 24.9 Å². The van der Waals surface area contributed by atoms with Crippen molar-refractivity contribution in [2.24, 2.45) is 0 Å². The molecule has 1 fully saturated rings. The van der Waals surface area contributed by atoms with Gasteiger partial charge in [0.25, 0.3) is 0 Å². The van der Waals surface area contributed by atoms with Crippen LogP contribution in [0.2, 0.25) is 0 Å². The van der Waals surface area contributed by atoms with E-state index in [2.05, 4.69) is 603 Å². The summed E-state index contributed by atoms with van der Waals surface area (Å²) in [7, 11) is -0.591. The molecule has 6 heteroatoms. The van der Waals surface area contributed by atoms with E-state index in [1.807, 2.05) is 0 Å². The predicted octanol–water partition coefficient (Wildman–Crippen LogP) is 37.7. The third-order valence-electron chi connectivity index (χ3n) is 32.5. The minimum absolute atomic E-state index is 0. The van der Waals surface area contributed by atoms with Gasteiger partial charge in [0.05, 0.1) is 22.0 Å². The van der Waals surface area contributed by atoms with E-state index in [1.54, 1.807) is 0 Å². The van der Waals surface area contributed by atoms with Crippen molar-refractivity contribution in [3.05, 3.63) is 593 Å². The largest absolute Gasteiger partial charge is 0.495 e. The van der Waals surface area contributed by atoms with Gasteiger partial charge >= 0.3 is 7.12 Å². The zero-order valence-electron chi connectivity index (χ0n) is 84.3.